The zero-order valence-electron chi connectivity index (χ0n) is 11.5. The van der Waals surface area contributed by atoms with Crippen LogP contribution in [0.1, 0.15) is 13.3 Å². The summed E-state index contributed by atoms with van der Waals surface area (Å²) in [5, 5.41) is 2.53. The molecule has 0 atom stereocenters. The molecule has 6 nitrogen and oxygen atoms in total. The fraction of sp³-hybridized carbons (Fsp3) is 0.308. The van der Waals surface area contributed by atoms with Crippen LogP contribution in [0.3, 0.4) is 0 Å². The van der Waals surface area contributed by atoms with Crippen molar-refractivity contribution in [2.45, 2.75) is 18.2 Å². The van der Waals surface area contributed by atoms with Gasteiger partial charge in [0.15, 0.2) is 0 Å². The second-order valence-corrected chi connectivity index (χ2v) is 5.79. The van der Waals surface area contributed by atoms with E-state index in [4.69, 9.17) is 4.74 Å². The molecule has 0 aliphatic heterocycles. The summed E-state index contributed by atoms with van der Waals surface area (Å²) in [6.45, 7) is 5.13. The topological polar surface area (TPSA) is 84.5 Å². The van der Waals surface area contributed by atoms with Gasteiger partial charge in [0.1, 0.15) is 5.75 Å². The number of methoxy groups -OCH3 is 1. The monoisotopic (exact) mass is 298 g/mol. The van der Waals surface area contributed by atoms with Gasteiger partial charge < -0.3 is 10.1 Å². The van der Waals surface area contributed by atoms with Crippen LogP contribution in [0.5, 0.6) is 5.75 Å². The molecule has 20 heavy (non-hydrogen) atoms. The SMILES string of the molecule is C=CCCNS(=O)(=O)c1ccc(OC)c(NC(C)=O)c1. The van der Waals surface area contributed by atoms with Gasteiger partial charge in [-0.2, -0.15) is 0 Å². The second-order valence-electron chi connectivity index (χ2n) is 4.02. The van der Waals surface area contributed by atoms with Crippen molar-refractivity contribution in [3.8, 4) is 5.75 Å². The van der Waals surface area contributed by atoms with Gasteiger partial charge >= 0.3 is 0 Å². The average Bonchev–Trinajstić information content (AvgIpc) is 2.38. The Morgan fingerprint density at radius 1 is 1.45 bits per heavy atom. The Morgan fingerprint density at radius 3 is 2.70 bits per heavy atom. The van der Waals surface area contributed by atoms with E-state index in [1.807, 2.05) is 0 Å². The zero-order chi connectivity index (χ0) is 15.2. The molecule has 2 N–H and O–H groups in total. The summed E-state index contributed by atoms with van der Waals surface area (Å²) in [6.07, 6.45) is 2.16. The van der Waals surface area contributed by atoms with Gasteiger partial charge in [-0.15, -0.1) is 6.58 Å². The number of nitrogens with one attached hydrogen (secondary N) is 2. The molecule has 0 aromatic heterocycles. The van der Waals surface area contributed by atoms with Crippen LogP contribution in [0, 0.1) is 0 Å². The second kappa shape index (κ2) is 7.06. The molecule has 110 valence electrons. The standard InChI is InChI=1S/C13H18N2O4S/c1-4-5-8-14-20(17,18)11-6-7-13(19-3)12(9-11)15-10(2)16/h4,6-7,9,14H,1,5,8H2,2-3H3,(H,15,16). The maximum Gasteiger partial charge on any atom is 0.240 e. The number of rotatable bonds is 7. The van der Waals surface area contributed by atoms with Crippen molar-refractivity contribution in [2.75, 3.05) is 19.0 Å². The van der Waals surface area contributed by atoms with Crippen molar-refractivity contribution in [1.29, 1.82) is 0 Å². The van der Waals surface area contributed by atoms with Gasteiger partial charge in [-0.05, 0) is 24.6 Å². The molecule has 0 radical (unpaired) electrons. The lowest BCUT2D eigenvalue weighted by Crippen LogP contribution is -2.24. The molecule has 1 rings (SSSR count). The maximum atomic E-state index is 12.0. The Bertz CT molecular complexity index is 596. The quantitative estimate of drug-likeness (QED) is 0.590. The highest BCUT2D eigenvalue weighted by molar-refractivity contribution is 7.89. The summed E-state index contributed by atoms with van der Waals surface area (Å²) in [5.41, 5.74) is 0.312. The third-order valence-corrected chi connectivity index (χ3v) is 3.89. The highest BCUT2D eigenvalue weighted by atomic mass is 32.2. The first-order valence-electron chi connectivity index (χ1n) is 5.97. The van der Waals surface area contributed by atoms with Gasteiger partial charge in [-0.1, -0.05) is 6.08 Å². The van der Waals surface area contributed by atoms with Crippen LogP contribution in [-0.2, 0) is 14.8 Å². The Hall–Kier alpha value is -1.86. The van der Waals surface area contributed by atoms with Crippen molar-refractivity contribution < 1.29 is 17.9 Å². The van der Waals surface area contributed by atoms with Crippen LogP contribution in [0.25, 0.3) is 0 Å². The summed E-state index contributed by atoms with van der Waals surface area (Å²) >= 11 is 0. The van der Waals surface area contributed by atoms with E-state index in [1.54, 1.807) is 6.08 Å². The molecule has 0 fully saturated rings. The Morgan fingerprint density at radius 2 is 2.15 bits per heavy atom. The first-order valence-corrected chi connectivity index (χ1v) is 7.45. The lowest BCUT2D eigenvalue weighted by molar-refractivity contribution is -0.114. The third kappa shape index (κ3) is 4.36. The molecule has 0 bridgehead atoms. The molecule has 0 saturated carbocycles. The molecular weight excluding hydrogens is 280 g/mol. The Kier molecular flexibility index (Phi) is 5.72. The number of amides is 1. The number of ether oxygens (including phenoxy) is 1. The molecule has 1 aromatic carbocycles. The van der Waals surface area contributed by atoms with Gasteiger partial charge in [-0.25, -0.2) is 13.1 Å². The highest BCUT2D eigenvalue weighted by Gasteiger charge is 2.16. The third-order valence-electron chi connectivity index (χ3n) is 2.43. The van der Waals surface area contributed by atoms with E-state index in [0.29, 0.717) is 17.9 Å². The maximum absolute atomic E-state index is 12.0. The Labute approximate surface area is 118 Å². The van der Waals surface area contributed by atoms with Crippen molar-refractivity contribution in [3.05, 3.63) is 30.9 Å². The smallest absolute Gasteiger partial charge is 0.240 e. The van der Waals surface area contributed by atoms with E-state index in [0.717, 1.165) is 0 Å². The van der Waals surface area contributed by atoms with E-state index >= 15 is 0 Å². The summed E-state index contributed by atoms with van der Waals surface area (Å²) in [7, 11) is -2.18. The molecule has 0 spiro atoms. The lowest BCUT2D eigenvalue weighted by Gasteiger charge is -2.11. The molecule has 0 aliphatic carbocycles. The number of hydrogen-bond acceptors (Lipinski definition) is 4. The number of anilines is 1. The van der Waals surface area contributed by atoms with Crippen LogP contribution in [-0.4, -0.2) is 28.0 Å². The van der Waals surface area contributed by atoms with Gasteiger partial charge in [0, 0.05) is 13.5 Å². The molecule has 0 aliphatic rings. The number of sulfonamides is 1. The minimum absolute atomic E-state index is 0.0612. The fourth-order valence-corrected chi connectivity index (χ4v) is 2.59. The van der Waals surface area contributed by atoms with Gasteiger partial charge in [0.2, 0.25) is 15.9 Å². The Balaban J connectivity index is 3.06. The zero-order valence-corrected chi connectivity index (χ0v) is 12.3. The number of carbonyl (C=O) groups is 1. The van der Waals surface area contributed by atoms with Gasteiger partial charge in [0.05, 0.1) is 17.7 Å². The summed E-state index contributed by atoms with van der Waals surface area (Å²) in [6, 6.07) is 4.27. The van der Waals surface area contributed by atoms with Crippen molar-refractivity contribution in [3.63, 3.8) is 0 Å². The predicted octanol–water partition coefficient (Wildman–Crippen LogP) is 1.51. The van der Waals surface area contributed by atoms with E-state index in [-0.39, 0.29) is 17.3 Å². The first kappa shape index (κ1) is 16.2. The normalized spacial score (nSPS) is 10.9. The molecule has 0 unspecified atom stereocenters. The molecule has 0 heterocycles. The van der Waals surface area contributed by atoms with Crippen LogP contribution in [0.2, 0.25) is 0 Å². The van der Waals surface area contributed by atoms with Crippen molar-refractivity contribution >= 4 is 21.6 Å². The number of hydrogen-bond donors (Lipinski definition) is 2. The van der Waals surface area contributed by atoms with Crippen LogP contribution in [0.4, 0.5) is 5.69 Å². The minimum Gasteiger partial charge on any atom is -0.495 e. The molecule has 0 saturated heterocycles. The van der Waals surface area contributed by atoms with Crippen molar-refractivity contribution in [2.24, 2.45) is 0 Å². The lowest BCUT2D eigenvalue weighted by atomic mass is 10.3. The summed E-state index contributed by atoms with van der Waals surface area (Å²) in [5.74, 6) is 0.0858. The van der Waals surface area contributed by atoms with Gasteiger partial charge in [-0.3, -0.25) is 4.79 Å². The van der Waals surface area contributed by atoms with E-state index in [9.17, 15) is 13.2 Å². The largest absolute Gasteiger partial charge is 0.495 e. The highest BCUT2D eigenvalue weighted by Crippen LogP contribution is 2.27. The van der Waals surface area contributed by atoms with E-state index in [2.05, 4.69) is 16.6 Å². The summed E-state index contributed by atoms with van der Waals surface area (Å²) in [4.78, 5) is 11.2. The fourth-order valence-electron chi connectivity index (χ4n) is 1.52. The van der Waals surface area contributed by atoms with Gasteiger partial charge in [0.25, 0.3) is 0 Å². The van der Waals surface area contributed by atoms with E-state index < -0.39 is 10.0 Å². The molecule has 1 amide bonds. The van der Waals surface area contributed by atoms with Crippen LogP contribution < -0.4 is 14.8 Å². The number of benzene rings is 1. The molecule has 7 heteroatoms. The predicted molar refractivity (Wildman–Crippen MR) is 77.3 cm³/mol. The van der Waals surface area contributed by atoms with E-state index in [1.165, 1.54) is 32.2 Å². The van der Waals surface area contributed by atoms with Crippen LogP contribution >= 0.6 is 0 Å². The summed E-state index contributed by atoms with van der Waals surface area (Å²) < 4.78 is 31.6. The average molecular weight is 298 g/mol. The van der Waals surface area contributed by atoms with Crippen molar-refractivity contribution in [1.82, 2.24) is 4.72 Å². The van der Waals surface area contributed by atoms with Crippen LogP contribution in [0.15, 0.2) is 35.7 Å². The number of carbonyl (C=O) groups excluding carboxylic acids is 1. The first-order chi connectivity index (χ1) is 9.40. The molecule has 1 aromatic rings. The minimum atomic E-state index is -3.62. The molecular formula is C13H18N2O4S.